The van der Waals surface area contributed by atoms with Crippen LogP contribution in [0.3, 0.4) is 0 Å². The minimum atomic E-state index is 0.750. The van der Waals surface area contributed by atoms with E-state index in [4.69, 9.17) is 11.6 Å². The fraction of sp³-hybridized carbons (Fsp3) is 0.143. The Labute approximate surface area is 120 Å². The number of fused-ring (bicyclic) bond motifs is 1. The van der Waals surface area contributed by atoms with Gasteiger partial charge in [0.05, 0.1) is 10.2 Å². The summed E-state index contributed by atoms with van der Waals surface area (Å²) in [6, 6.07) is 9.81. The maximum Gasteiger partial charge on any atom is 0.183 e. The Hall–Kier alpha value is -1.65. The molecule has 96 valence electrons. The first-order valence-electron chi connectivity index (χ1n) is 6.00. The molecular formula is C14H12ClN3S. The van der Waals surface area contributed by atoms with E-state index in [2.05, 4.69) is 15.3 Å². The molecule has 0 atom stereocenters. The smallest absolute Gasteiger partial charge is 0.183 e. The molecule has 19 heavy (non-hydrogen) atoms. The van der Waals surface area contributed by atoms with Crippen molar-refractivity contribution in [3.63, 3.8) is 0 Å². The third-order valence-electron chi connectivity index (χ3n) is 2.79. The van der Waals surface area contributed by atoms with Gasteiger partial charge in [-0.15, -0.1) is 0 Å². The standard InChI is InChI=1S/C14H12ClN3S/c15-11-1-2-12-13(9-11)19-14(18-12)17-8-5-10-3-6-16-7-4-10/h1-4,6-7,9H,5,8H2,(H,17,18). The Morgan fingerprint density at radius 2 is 2.00 bits per heavy atom. The van der Waals surface area contributed by atoms with Crippen LogP contribution in [-0.4, -0.2) is 16.5 Å². The molecule has 0 spiro atoms. The van der Waals surface area contributed by atoms with Crippen LogP contribution < -0.4 is 5.32 Å². The minimum Gasteiger partial charge on any atom is -0.361 e. The van der Waals surface area contributed by atoms with E-state index in [1.807, 2.05) is 42.7 Å². The van der Waals surface area contributed by atoms with Crippen molar-refractivity contribution in [3.05, 3.63) is 53.3 Å². The van der Waals surface area contributed by atoms with Crippen molar-refractivity contribution in [2.24, 2.45) is 0 Å². The fourth-order valence-electron chi connectivity index (χ4n) is 1.84. The van der Waals surface area contributed by atoms with Gasteiger partial charge < -0.3 is 5.32 Å². The molecule has 0 aliphatic heterocycles. The highest BCUT2D eigenvalue weighted by molar-refractivity contribution is 7.22. The molecule has 5 heteroatoms. The number of benzene rings is 1. The highest BCUT2D eigenvalue weighted by atomic mass is 35.5. The second kappa shape index (κ2) is 5.55. The minimum absolute atomic E-state index is 0.750. The fourth-order valence-corrected chi connectivity index (χ4v) is 3.00. The van der Waals surface area contributed by atoms with Crippen molar-refractivity contribution in [1.82, 2.24) is 9.97 Å². The molecule has 0 fully saturated rings. The number of nitrogens with zero attached hydrogens (tertiary/aromatic N) is 2. The molecule has 3 rings (SSSR count). The summed E-state index contributed by atoms with van der Waals surface area (Å²) in [5.41, 5.74) is 2.26. The molecule has 0 amide bonds. The molecule has 0 saturated carbocycles. The Morgan fingerprint density at radius 1 is 1.16 bits per heavy atom. The Bertz CT molecular complexity index is 681. The van der Waals surface area contributed by atoms with Crippen LogP contribution in [0.15, 0.2) is 42.7 Å². The molecule has 0 radical (unpaired) electrons. The zero-order valence-corrected chi connectivity index (χ0v) is 11.7. The number of nitrogens with one attached hydrogen (secondary N) is 1. The van der Waals surface area contributed by atoms with E-state index in [-0.39, 0.29) is 0 Å². The quantitative estimate of drug-likeness (QED) is 0.789. The second-order valence-electron chi connectivity index (χ2n) is 4.16. The van der Waals surface area contributed by atoms with Crippen molar-refractivity contribution >= 4 is 38.3 Å². The lowest BCUT2D eigenvalue weighted by Crippen LogP contribution is -2.04. The number of halogens is 1. The first-order valence-corrected chi connectivity index (χ1v) is 7.19. The Kier molecular flexibility index (Phi) is 3.62. The normalized spacial score (nSPS) is 10.8. The van der Waals surface area contributed by atoms with Gasteiger partial charge in [-0.05, 0) is 42.3 Å². The van der Waals surface area contributed by atoms with E-state index >= 15 is 0 Å². The number of anilines is 1. The lowest BCUT2D eigenvalue weighted by Gasteiger charge is -2.01. The molecule has 0 aliphatic rings. The van der Waals surface area contributed by atoms with E-state index in [9.17, 15) is 0 Å². The van der Waals surface area contributed by atoms with Gasteiger partial charge in [-0.1, -0.05) is 22.9 Å². The summed E-state index contributed by atoms with van der Waals surface area (Å²) >= 11 is 7.59. The van der Waals surface area contributed by atoms with E-state index in [0.717, 1.165) is 33.3 Å². The summed E-state index contributed by atoms with van der Waals surface area (Å²) in [6.07, 6.45) is 4.59. The molecule has 0 aliphatic carbocycles. The lowest BCUT2D eigenvalue weighted by atomic mass is 10.2. The Morgan fingerprint density at radius 3 is 2.84 bits per heavy atom. The predicted octanol–water partition coefficient (Wildman–Crippen LogP) is 4.00. The van der Waals surface area contributed by atoms with Crippen LogP contribution in [0.5, 0.6) is 0 Å². The van der Waals surface area contributed by atoms with Crippen molar-refractivity contribution in [2.75, 3.05) is 11.9 Å². The van der Waals surface area contributed by atoms with Crippen molar-refractivity contribution in [2.45, 2.75) is 6.42 Å². The molecule has 0 saturated heterocycles. The van der Waals surface area contributed by atoms with Crippen LogP contribution >= 0.6 is 22.9 Å². The molecular weight excluding hydrogens is 278 g/mol. The molecule has 0 unspecified atom stereocenters. The Balaban J connectivity index is 1.65. The highest BCUT2D eigenvalue weighted by Crippen LogP contribution is 2.28. The number of hydrogen-bond acceptors (Lipinski definition) is 4. The summed E-state index contributed by atoms with van der Waals surface area (Å²) in [5, 5.41) is 5.03. The van der Waals surface area contributed by atoms with Crippen LogP contribution in [0, 0.1) is 0 Å². The first-order chi connectivity index (χ1) is 9.31. The molecule has 1 aromatic carbocycles. The third kappa shape index (κ3) is 3.03. The third-order valence-corrected chi connectivity index (χ3v) is 4.00. The zero-order valence-electron chi connectivity index (χ0n) is 10.1. The maximum atomic E-state index is 5.96. The summed E-state index contributed by atoms with van der Waals surface area (Å²) in [6.45, 7) is 0.859. The van der Waals surface area contributed by atoms with Crippen molar-refractivity contribution in [3.8, 4) is 0 Å². The van der Waals surface area contributed by atoms with Gasteiger partial charge in [-0.3, -0.25) is 4.98 Å². The molecule has 3 aromatic rings. The molecule has 3 nitrogen and oxygen atoms in total. The predicted molar refractivity (Wildman–Crippen MR) is 81.1 cm³/mol. The largest absolute Gasteiger partial charge is 0.361 e. The second-order valence-corrected chi connectivity index (χ2v) is 5.63. The summed E-state index contributed by atoms with van der Waals surface area (Å²) < 4.78 is 1.11. The summed E-state index contributed by atoms with van der Waals surface area (Å²) in [4.78, 5) is 8.53. The van der Waals surface area contributed by atoms with Crippen LogP contribution in [0.25, 0.3) is 10.2 Å². The van der Waals surface area contributed by atoms with E-state index in [1.165, 1.54) is 5.56 Å². The first kappa shape index (κ1) is 12.4. The van der Waals surface area contributed by atoms with Gasteiger partial charge in [0.15, 0.2) is 5.13 Å². The van der Waals surface area contributed by atoms with Crippen molar-refractivity contribution < 1.29 is 0 Å². The highest BCUT2D eigenvalue weighted by Gasteiger charge is 2.03. The van der Waals surface area contributed by atoms with E-state index in [0.29, 0.717) is 0 Å². The van der Waals surface area contributed by atoms with Gasteiger partial charge in [0, 0.05) is 24.0 Å². The maximum absolute atomic E-state index is 5.96. The average molecular weight is 290 g/mol. The average Bonchev–Trinajstić information content (AvgIpc) is 2.82. The van der Waals surface area contributed by atoms with Gasteiger partial charge in [0.1, 0.15) is 0 Å². The van der Waals surface area contributed by atoms with Crippen molar-refractivity contribution in [1.29, 1.82) is 0 Å². The van der Waals surface area contributed by atoms with Crippen LogP contribution in [0.1, 0.15) is 5.56 Å². The number of thiazole rings is 1. The van der Waals surface area contributed by atoms with Gasteiger partial charge in [0.2, 0.25) is 0 Å². The van der Waals surface area contributed by atoms with Crippen LogP contribution in [0.2, 0.25) is 5.02 Å². The van der Waals surface area contributed by atoms with Crippen LogP contribution in [-0.2, 0) is 6.42 Å². The zero-order chi connectivity index (χ0) is 13.1. The number of rotatable bonds is 4. The number of aromatic nitrogens is 2. The SMILES string of the molecule is Clc1ccc2nc(NCCc3ccncc3)sc2c1. The van der Waals surface area contributed by atoms with Gasteiger partial charge >= 0.3 is 0 Å². The van der Waals surface area contributed by atoms with Gasteiger partial charge in [-0.2, -0.15) is 0 Å². The lowest BCUT2D eigenvalue weighted by molar-refractivity contribution is 1.01. The van der Waals surface area contributed by atoms with Gasteiger partial charge in [-0.25, -0.2) is 4.98 Å². The number of pyridine rings is 1. The van der Waals surface area contributed by atoms with Gasteiger partial charge in [0.25, 0.3) is 0 Å². The monoisotopic (exact) mass is 289 g/mol. The topological polar surface area (TPSA) is 37.8 Å². The molecule has 0 bridgehead atoms. The van der Waals surface area contributed by atoms with E-state index in [1.54, 1.807) is 11.3 Å². The van der Waals surface area contributed by atoms with E-state index < -0.39 is 0 Å². The molecule has 2 aromatic heterocycles. The van der Waals surface area contributed by atoms with Crippen LogP contribution in [0.4, 0.5) is 5.13 Å². The number of hydrogen-bond donors (Lipinski definition) is 1. The molecule has 2 heterocycles. The summed E-state index contributed by atoms with van der Waals surface area (Å²) in [7, 11) is 0. The summed E-state index contributed by atoms with van der Waals surface area (Å²) in [5.74, 6) is 0. The molecule has 1 N–H and O–H groups in total.